The van der Waals surface area contributed by atoms with Crippen molar-refractivity contribution in [2.75, 3.05) is 14.1 Å². The Kier molecular flexibility index (Phi) is 6.75. The molecular weight excluding hydrogens is 431 g/mol. The summed E-state index contributed by atoms with van der Waals surface area (Å²) >= 11 is 0. The second-order valence-electron chi connectivity index (χ2n) is 8.57. The van der Waals surface area contributed by atoms with Gasteiger partial charge in [-0.1, -0.05) is 30.3 Å². The SMILES string of the molecule is CN(C)Cc1ccc(N=C(c2cccc(CCC(N)=O)c2)c2c(O)[nH]c3cc(F)ccc23)cc1. The van der Waals surface area contributed by atoms with Crippen LogP contribution in [-0.4, -0.2) is 40.7 Å². The van der Waals surface area contributed by atoms with E-state index in [0.29, 0.717) is 28.6 Å². The molecule has 174 valence electrons. The monoisotopic (exact) mass is 458 g/mol. The van der Waals surface area contributed by atoms with Gasteiger partial charge in [-0.3, -0.25) is 4.79 Å². The number of aromatic amines is 1. The highest BCUT2D eigenvalue weighted by atomic mass is 19.1. The van der Waals surface area contributed by atoms with Crippen molar-refractivity contribution in [2.24, 2.45) is 10.7 Å². The number of nitrogens with two attached hydrogens (primary N) is 1. The van der Waals surface area contributed by atoms with E-state index in [1.807, 2.05) is 62.6 Å². The van der Waals surface area contributed by atoms with Crippen LogP contribution in [0.3, 0.4) is 0 Å². The van der Waals surface area contributed by atoms with Crippen molar-refractivity contribution in [1.82, 2.24) is 9.88 Å². The van der Waals surface area contributed by atoms with Crippen molar-refractivity contribution >= 4 is 28.2 Å². The fourth-order valence-corrected chi connectivity index (χ4v) is 3.97. The van der Waals surface area contributed by atoms with Crippen LogP contribution < -0.4 is 5.73 Å². The third-order valence-electron chi connectivity index (χ3n) is 5.51. The quantitative estimate of drug-likeness (QED) is 0.335. The second kappa shape index (κ2) is 9.89. The normalized spacial score (nSPS) is 11.9. The standard InChI is InChI=1S/C27H27FN4O2/c1-32(2)16-18-6-10-21(11-7-18)30-26(19-5-3-4-17(14-19)8-13-24(29)33)25-22-12-9-20(28)15-23(22)31-27(25)34/h3-7,9-12,14-15,31,34H,8,13,16H2,1-2H3,(H2,29,33). The number of aromatic hydroxyl groups is 1. The average Bonchev–Trinajstić information content (AvgIpc) is 3.11. The topological polar surface area (TPSA) is 94.7 Å². The lowest BCUT2D eigenvalue weighted by molar-refractivity contribution is -0.117. The van der Waals surface area contributed by atoms with E-state index in [1.165, 1.54) is 12.1 Å². The number of halogens is 1. The number of fused-ring (bicyclic) bond motifs is 1. The summed E-state index contributed by atoms with van der Waals surface area (Å²) in [6.45, 7) is 0.813. The maximum absolute atomic E-state index is 13.8. The van der Waals surface area contributed by atoms with Crippen molar-refractivity contribution in [3.8, 4) is 5.88 Å². The number of primary amides is 1. The molecule has 4 aromatic rings. The van der Waals surface area contributed by atoms with E-state index in [0.717, 1.165) is 28.9 Å². The molecule has 0 aliphatic heterocycles. The number of aryl methyl sites for hydroxylation is 1. The maximum Gasteiger partial charge on any atom is 0.217 e. The Morgan fingerprint density at radius 3 is 2.53 bits per heavy atom. The van der Waals surface area contributed by atoms with Crippen LogP contribution in [0.4, 0.5) is 10.1 Å². The smallest absolute Gasteiger partial charge is 0.217 e. The van der Waals surface area contributed by atoms with Crippen molar-refractivity contribution in [3.05, 3.63) is 94.8 Å². The summed E-state index contributed by atoms with van der Waals surface area (Å²) in [5.74, 6) is -0.858. The average molecular weight is 459 g/mol. The zero-order valence-corrected chi connectivity index (χ0v) is 19.2. The Hall–Kier alpha value is -3.97. The number of hydrogen-bond acceptors (Lipinski definition) is 4. The number of amides is 1. The van der Waals surface area contributed by atoms with Crippen molar-refractivity contribution in [2.45, 2.75) is 19.4 Å². The summed E-state index contributed by atoms with van der Waals surface area (Å²) in [6.07, 6.45) is 0.738. The molecule has 1 aromatic heterocycles. The third kappa shape index (κ3) is 5.32. The van der Waals surface area contributed by atoms with Gasteiger partial charge in [0, 0.05) is 23.9 Å². The molecule has 7 heteroatoms. The highest BCUT2D eigenvalue weighted by molar-refractivity contribution is 6.21. The Morgan fingerprint density at radius 2 is 1.82 bits per heavy atom. The third-order valence-corrected chi connectivity index (χ3v) is 5.51. The molecule has 3 aromatic carbocycles. The summed E-state index contributed by atoms with van der Waals surface area (Å²) in [5, 5.41) is 11.5. The van der Waals surface area contributed by atoms with E-state index in [9.17, 15) is 14.3 Å². The van der Waals surface area contributed by atoms with Crippen molar-refractivity contribution in [3.63, 3.8) is 0 Å². The Labute approximate surface area is 197 Å². The minimum Gasteiger partial charge on any atom is -0.494 e. The molecule has 1 amide bonds. The summed E-state index contributed by atoms with van der Waals surface area (Å²) < 4.78 is 13.8. The van der Waals surface area contributed by atoms with Gasteiger partial charge in [-0.2, -0.15) is 0 Å². The lowest BCUT2D eigenvalue weighted by Crippen LogP contribution is -2.11. The number of carbonyl (C=O) groups is 1. The molecule has 4 N–H and O–H groups in total. The van der Waals surface area contributed by atoms with E-state index in [4.69, 9.17) is 10.7 Å². The predicted molar refractivity (Wildman–Crippen MR) is 133 cm³/mol. The van der Waals surface area contributed by atoms with E-state index < -0.39 is 5.82 Å². The molecular formula is C27H27FN4O2. The molecule has 0 unspecified atom stereocenters. The zero-order chi connectivity index (χ0) is 24.2. The minimum absolute atomic E-state index is 0.0916. The number of carbonyl (C=O) groups excluding carboxylic acids is 1. The van der Waals surface area contributed by atoms with E-state index in [-0.39, 0.29) is 18.2 Å². The van der Waals surface area contributed by atoms with Gasteiger partial charge in [0.25, 0.3) is 0 Å². The number of rotatable bonds is 8. The fraction of sp³-hybridized carbons (Fsp3) is 0.185. The minimum atomic E-state index is -0.399. The highest BCUT2D eigenvalue weighted by Crippen LogP contribution is 2.32. The highest BCUT2D eigenvalue weighted by Gasteiger charge is 2.19. The maximum atomic E-state index is 13.8. The van der Waals surface area contributed by atoms with Crippen molar-refractivity contribution in [1.29, 1.82) is 0 Å². The van der Waals surface area contributed by atoms with Crippen LogP contribution in [0.2, 0.25) is 0 Å². The summed E-state index contributed by atoms with van der Waals surface area (Å²) in [7, 11) is 4.02. The van der Waals surface area contributed by atoms with E-state index in [1.54, 1.807) is 6.07 Å². The molecule has 0 aliphatic rings. The van der Waals surface area contributed by atoms with Crippen LogP contribution in [0.1, 0.15) is 28.7 Å². The molecule has 4 rings (SSSR count). The molecule has 1 heterocycles. The largest absolute Gasteiger partial charge is 0.494 e. The summed E-state index contributed by atoms with van der Waals surface area (Å²) in [5.41, 5.74) is 10.4. The van der Waals surface area contributed by atoms with Crippen LogP contribution in [-0.2, 0) is 17.8 Å². The Balaban J connectivity index is 1.84. The molecule has 34 heavy (non-hydrogen) atoms. The molecule has 0 atom stereocenters. The number of hydrogen-bond donors (Lipinski definition) is 3. The number of benzene rings is 3. The van der Waals surface area contributed by atoms with Gasteiger partial charge in [0.05, 0.1) is 22.5 Å². The first-order valence-electron chi connectivity index (χ1n) is 11.0. The number of H-pyrrole nitrogens is 1. The van der Waals surface area contributed by atoms with E-state index in [2.05, 4.69) is 9.88 Å². The van der Waals surface area contributed by atoms with Crippen LogP contribution in [0.5, 0.6) is 5.88 Å². The molecule has 6 nitrogen and oxygen atoms in total. The molecule has 0 fully saturated rings. The number of aliphatic imine (C=N–C) groups is 1. The molecule has 0 spiro atoms. The van der Waals surface area contributed by atoms with Gasteiger partial charge in [-0.25, -0.2) is 9.38 Å². The van der Waals surface area contributed by atoms with Crippen LogP contribution >= 0.6 is 0 Å². The van der Waals surface area contributed by atoms with Crippen LogP contribution in [0.15, 0.2) is 71.7 Å². The number of aromatic nitrogens is 1. The first-order chi connectivity index (χ1) is 16.3. The number of nitrogens with zero attached hydrogens (tertiary/aromatic N) is 2. The first kappa shape index (κ1) is 23.2. The lowest BCUT2D eigenvalue weighted by atomic mass is 9.97. The van der Waals surface area contributed by atoms with Gasteiger partial charge >= 0.3 is 0 Å². The van der Waals surface area contributed by atoms with Gasteiger partial charge in [-0.05, 0) is 68.0 Å². The first-order valence-corrected chi connectivity index (χ1v) is 11.0. The lowest BCUT2D eigenvalue weighted by Gasteiger charge is -2.11. The van der Waals surface area contributed by atoms with Crippen LogP contribution in [0.25, 0.3) is 10.9 Å². The fourth-order valence-electron chi connectivity index (χ4n) is 3.97. The van der Waals surface area contributed by atoms with Crippen molar-refractivity contribution < 1.29 is 14.3 Å². The summed E-state index contributed by atoms with van der Waals surface area (Å²) in [6, 6.07) is 19.9. The number of nitrogens with one attached hydrogen (secondary N) is 1. The van der Waals surface area contributed by atoms with Gasteiger partial charge in [0.1, 0.15) is 5.82 Å². The van der Waals surface area contributed by atoms with Gasteiger partial charge in [0.2, 0.25) is 5.91 Å². The molecule has 0 saturated heterocycles. The molecule has 0 bridgehead atoms. The zero-order valence-electron chi connectivity index (χ0n) is 19.2. The van der Waals surface area contributed by atoms with Gasteiger partial charge in [-0.15, -0.1) is 0 Å². The Bertz CT molecular complexity index is 1360. The van der Waals surface area contributed by atoms with Gasteiger partial charge < -0.3 is 20.7 Å². The molecule has 0 saturated carbocycles. The predicted octanol–water partition coefficient (Wildman–Crippen LogP) is 4.66. The second-order valence-corrected chi connectivity index (χ2v) is 8.57. The van der Waals surface area contributed by atoms with Crippen LogP contribution in [0, 0.1) is 5.82 Å². The molecule has 0 aliphatic carbocycles. The van der Waals surface area contributed by atoms with E-state index >= 15 is 0 Å². The van der Waals surface area contributed by atoms with Gasteiger partial charge in [0.15, 0.2) is 5.88 Å². The summed E-state index contributed by atoms with van der Waals surface area (Å²) in [4.78, 5) is 21.1. The Morgan fingerprint density at radius 1 is 1.06 bits per heavy atom. The molecule has 0 radical (unpaired) electrons.